The Labute approximate surface area is 125 Å². The quantitative estimate of drug-likeness (QED) is 0.637. The summed E-state index contributed by atoms with van der Waals surface area (Å²) in [7, 11) is 2.18. The summed E-state index contributed by atoms with van der Waals surface area (Å²) in [5.41, 5.74) is 9.34. The van der Waals surface area contributed by atoms with Gasteiger partial charge in [0.15, 0.2) is 0 Å². The molecule has 6 heteroatoms. The van der Waals surface area contributed by atoms with Crippen LogP contribution in [0.15, 0.2) is 29.4 Å². The van der Waals surface area contributed by atoms with Gasteiger partial charge in [-0.25, -0.2) is 10.2 Å². The molecule has 0 radical (unpaired) electrons. The van der Waals surface area contributed by atoms with Gasteiger partial charge in [-0.2, -0.15) is 5.10 Å². The third-order valence-corrected chi connectivity index (χ3v) is 3.59. The molecule has 1 heterocycles. The summed E-state index contributed by atoms with van der Waals surface area (Å²) >= 11 is 0. The van der Waals surface area contributed by atoms with Crippen molar-refractivity contribution in [1.29, 1.82) is 0 Å². The zero-order valence-electron chi connectivity index (χ0n) is 12.5. The van der Waals surface area contributed by atoms with Gasteiger partial charge < -0.3 is 10.6 Å². The van der Waals surface area contributed by atoms with Crippen LogP contribution in [0.4, 0.5) is 4.79 Å². The number of likely N-dealkylation sites (N-methyl/N-ethyl adjacent to an activating group) is 1. The Morgan fingerprint density at radius 1 is 1.29 bits per heavy atom. The summed E-state index contributed by atoms with van der Waals surface area (Å²) in [6.45, 7) is 5.55. The molecule has 1 fully saturated rings. The van der Waals surface area contributed by atoms with Crippen LogP contribution in [0.5, 0.6) is 0 Å². The monoisotopic (exact) mass is 289 g/mol. The van der Waals surface area contributed by atoms with Crippen molar-refractivity contribution in [3.63, 3.8) is 0 Å². The highest BCUT2D eigenvalue weighted by Gasteiger charge is 2.11. The molecule has 0 saturated carbocycles. The third kappa shape index (κ3) is 5.53. The Morgan fingerprint density at radius 3 is 2.76 bits per heavy atom. The van der Waals surface area contributed by atoms with Gasteiger partial charge in [0.1, 0.15) is 0 Å². The standard InChI is InChI=1S/C15H23N5O/c1-19-7-2-8-20(10-9-19)12-14-5-3-13(4-6-14)11-17-18-15(16)21/h3-6,11H,2,7-10,12H2,1H3,(H3,16,18,21). The first kappa shape index (κ1) is 15.5. The number of carbonyl (C=O) groups is 1. The fourth-order valence-corrected chi connectivity index (χ4v) is 2.40. The van der Waals surface area contributed by atoms with E-state index in [1.165, 1.54) is 18.5 Å². The van der Waals surface area contributed by atoms with E-state index in [-0.39, 0.29) is 0 Å². The summed E-state index contributed by atoms with van der Waals surface area (Å²) in [6, 6.07) is 7.52. The van der Waals surface area contributed by atoms with E-state index in [4.69, 9.17) is 5.73 Å². The Morgan fingerprint density at radius 2 is 2.05 bits per heavy atom. The predicted octanol–water partition coefficient (Wildman–Crippen LogP) is 0.826. The van der Waals surface area contributed by atoms with E-state index in [9.17, 15) is 4.79 Å². The maximum atomic E-state index is 10.5. The molecule has 1 aliphatic rings. The number of carbonyl (C=O) groups excluding carboxylic acids is 1. The Hall–Kier alpha value is -1.92. The van der Waals surface area contributed by atoms with Crippen LogP contribution < -0.4 is 11.2 Å². The summed E-state index contributed by atoms with van der Waals surface area (Å²) in [6.07, 6.45) is 2.80. The zero-order chi connectivity index (χ0) is 15.1. The first-order valence-electron chi connectivity index (χ1n) is 7.22. The molecule has 0 aliphatic carbocycles. The van der Waals surface area contributed by atoms with E-state index in [0.717, 1.165) is 31.7 Å². The van der Waals surface area contributed by atoms with Gasteiger partial charge in [0.05, 0.1) is 6.21 Å². The maximum absolute atomic E-state index is 10.5. The number of urea groups is 1. The minimum absolute atomic E-state index is 0.658. The molecule has 0 unspecified atom stereocenters. The Bertz CT molecular complexity index is 485. The van der Waals surface area contributed by atoms with Gasteiger partial charge in [-0.05, 0) is 37.7 Å². The summed E-state index contributed by atoms with van der Waals surface area (Å²) in [4.78, 5) is 15.4. The molecule has 6 nitrogen and oxygen atoms in total. The van der Waals surface area contributed by atoms with Crippen molar-refractivity contribution in [1.82, 2.24) is 15.2 Å². The molecule has 21 heavy (non-hydrogen) atoms. The number of nitrogens with one attached hydrogen (secondary N) is 1. The summed E-state index contributed by atoms with van der Waals surface area (Å²) in [5, 5.41) is 3.74. The highest BCUT2D eigenvalue weighted by atomic mass is 16.2. The van der Waals surface area contributed by atoms with Crippen LogP contribution in [0.25, 0.3) is 0 Å². The van der Waals surface area contributed by atoms with Gasteiger partial charge in [0.2, 0.25) is 0 Å². The molecular formula is C15H23N5O. The number of nitrogens with zero attached hydrogens (tertiary/aromatic N) is 3. The lowest BCUT2D eigenvalue weighted by Gasteiger charge is -2.20. The first-order chi connectivity index (χ1) is 10.1. The molecule has 0 spiro atoms. The predicted molar refractivity (Wildman–Crippen MR) is 84.1 cm³/mol. The number of primary amides is 1. The molecule has 0 bridgehead atoms. The summed E-state index contributed by atoms with van der Waals surface area (Å²) in [5.74, 6) is 0. The van der Waals surface area contributed by atoms with Crippen molar-refractivity contribution < 1.29 is 4.79 Å². The largest absolute Gasteiger partial charge is 0.350 e. The highest BCUT2D eigenvalue weighted by Crippen LogP contribution is 2.09. The van der Waals surface area contributed by atoms with Crippen LogP contribution in [0, 0.1) is 0 Å². The molecule has 114 valence electrons. The van der Waals surface area contributed by atoms with Crippen molar-refractivity contribution in [3.05, 3.63) is 35.4 Å². The van der Waals surface area contributed by atoms with Crippen molar-refractivity contribution >= 4 is 12.2 Å². The van der Waals surface area contributed by atoms with Crippen molar-refractivity contribution in [2.24, 2.45) is 10.8 Å². The second-order valence-electron chi connectivity index (χ2n) is 5.41. The van der Waals surface area contributed by atoms with Crippen LogP contribution in [-0.4, -0.2) is 55.3 Å². The first-order valence-corrected chi connectivity index (χ1v) is 7.22. The molecule has 0 aromatic heterocycles. The molecule has 1 saturated heterocycles. The zero-order valence-corrected chi connectivity index (χ0v) is 12.5. The van der Waals surface area contributed by atoms with Crippen LogP contribution in [0.2, 0.25) is 0 Å². The number of amides is 2. The van der Waals surface area contributed by atoms with Gasteiger partial charge in [-0.15, -0.1) is 0 Å². The molecule has 1 aliphatic heterocycles. The average molecular weight is 289 g/mol. The normalized spacial score (nSPS) is 17.8. The number of hydrogen-bond acceptors (Lipinski definition) is 4. The van der Waals surface area contributed by atoms with Crippen LogP contribution in [0.1, 0.15) is 17.5 Å². The van der Waals surface area contributed by atoms with E-state index in [2.05, 4.69) is 39.5 Å². The second-order valence-corrected chi connectivity index (χ2v) is 5.41. The minimum atomic E-state index is -0.658. The SMILES string of the molecule is CN1CCCN(Cc2ccc(C=NNC(N)=O)cc2)CC1. The summed E-state index contributed by atoms with van der Waals surface area (Å²) < 4.78 is 0. The van der Waals surface area contributed by atoms with E-state index in [1.54, 1.807) is 6.21 Å². The van der Waals surface area contributed by atoms with Gasteiger partial charge in [0, 0.05) is 19.6 Å². The fourth-order valence-electron chi connectivity index (χ4n) is 2.40. The van der Waals surface area contributed by atoms with Crippen LogP contribution in [-0.2, 0) is 6.54 Å². The molecule has 2 amide bonds. The number of hydrazone groups is 1. The average Bonchev–Trinajstić information content (AvgIpc) is 2.65. The van der Waals surface area contributed by atoms with Gasteiger partial charge in [-0.1, -0.05) is 24.3 Å². The molecule has 1 aromatic carbocycles. The number of rotatable bonds is 4. The van der Waals surface area contributed by atoms with Gasteiger partial charge in [0.25, 0.3) is 0 Å². The van der Waals surface area contributed by atoms with E-state index < -0.39 is 6.03 Å². The lowest BCUT2D eigenvalue weighted by atomic mass is 10.1. The maximum Gasteiger partial charge on any atom is 0.332 e. The Balaban J connectivity index is 1.87. The highest BCUT2D eigenvalue weighted by molar-refractivity contribution is 5.81. The Kier molecular flexibility index (Phi) is 5.71. The van der Waals surface area contributed by atoms with Crippen molar-refractivity contribution in [2.75, 3.05) is 33.2 Å². The minimum Gasteiger partial charge on any atom is -0.350 e. The second kappa shape index (κ2) is 7.75. The molecular weight excluding hydrogens is 266 g/mol. The van der Waals surface area contributed by atoms with E-state index >= 15 is 0 Å². The smallest absolute Gasteiger partial charge is 0.332 e. The fraction of sp³-hybridized carbons (Fsp3) is 0.467. The van der Waals surface area contributed by atoms with Crippen LogP contribution >= 0.6 is 0 Å². The lowest BCUT2D eigenvalue weighted by Crippen LogP contribution is -2.28. The number of nitrogens with two attached hydrogens (primary N) is 1. The molecule has 0 atom stereocenters. The van der Waals surface area contributed by atoms with Crippen molar-refractivity contribution in [3.8, 4) is 0 Å². The number of benzene rings is 1. The molecule has 2 rings (SSSR count). The topological polar surface area (TPSA) is 74.0 Å². The van der Waals surface area contributed by atoms with E-state index in [1.807, 2.05) is 12.1 Å². The van der Waals surface area contributed by atoms with Gasteiger partial charge in [-0.3, -0.25) is 4.90 Å². The molecule has 1 aromatic rings. The lowest BCUT2D eigenvalue weighted by molar-refractivity contribution is 0.249. The number of hydrogen-bond donors (Lipinski definition) is 2. The van der Waals surface area contributed by atoms with E-state index in [0.29, 0.717) is 0 Å². The van der Waals surface area contributed by atoms with Gasteiger partial charge >= 0.3 is 6.03 Å². The van der Waals surface area contributed by atoms with Crippen molar-refractivity contribution in [2.45, 2.75) is 13.0 Å². The third-order valence-electron chi connectivity index (χ3n) is 3.59. The molecule has 3 N–H and O–H groups in total. The van der Waals surface area contributed by atoms with Crippen LogP contribution in [0.3, 0.4) is 0 Å².